The third-order valence-corrected chi connectivity index (χ3v) is 5.39. The van der Waals surface area contributed by atoms with Crippen molar-refractivity contribution in [3.8, 4) is 0 Å². The summed E-state index contributed by atoms with van der Waals surface area (Å²) in [6, 6.07) is 12.4. The molecule has 4 rings (SSSR count). The van der Waals surface area contributed by atoms with Crippen molar-refractivity contribution in [2.45, 2.75) is 32.2 Å². The van der Waals surface area contributed by atoms with Crippen LogP contribution in [0.25, 0.3) is 0 Å². The number of hydrogen-bond donors (Lipinski definition) is 0. The van der Waals surface area contributed by atoms with E-state index in [-0.39, 0.29) is 17.9 Å². The number of pyridine rings is 1. The van der Waals surface area contributed by atoms with Gasteiger partial charge in [0.15, 0.2) is 0 Å². The number of carbonyl (C=O) groups excluding carboxylic acids is 1. The van der Waals surface area contributed by atoms with Crippen LogP contribution in [0.3, 0.4) is 0 Å². The number of morpholine rings is 1. The fraction of sp³-hybridized carbons (Fsp3) is 0.348. The van der Waals surface area contributed by atoms with Gasteiger partial charge in [0.2, 0.25) is 0 Å². The average Bonchev–Trinajstić information content (AvgIpc) is 3.28. The molecule has 1 aromatic carbocycles. The molecule has 0 saturated carbocycles. The predicted octanol–water partition coefficient (Wildman–Crippen LogP) is 4.12. The highest BCUT2D eigenvalue weighted by Crippen LogP contribution is 2.33. The summed E-state index contributed by atoms with van der Waals surface area (Å²) in [4.78, 5) is 19.0. The lowest BCUT2D eigenvalue weighted by Gasteiger charge is -2.32. The second-order valence-electron chi connectivity index (χ2n) is 7.55. The van der Waals surface area contributed by atoms with E-state index < -0.39 is 17.8 Å². The summed E-state index contributed by atoms with van der Waals surface area (Å²) in [7, 11) is 0. The quantitative estimate of drug-likeness (QED) is 0.594. The summed E-state index contributed by atoms with van der Waals surface area (Å²) in [6.45, 7) is 3.69. The topological polar surface area (TPSA) is 60.2 Å². The summed E-state index contributed by atoms with van der Waals surface area (Å²) in [5.74, 6) is -0.180. The van der Waals surface area contributed by atoms with Gasteiger partial charge in [0.05, 0.1) is 24.4 Å². The first-order valence-corrected chi connectivity index (χ1v) is 10.4. The number of alkyl halides is 3. The molecule has 1 saturated heterocycles. The van der Waals surface area contributed by atoms with Gasteiger partial charge in [-0.2, -0.15) is 18.3 Å². The molecular formula is C23H23F3N4O2. The Morgan fingerprint density at radius 2 is 1.97 bits per heavy atom. The largest absolute Gasteiger partial charge is 0.416 e. The maximum atomic E-state index is 13.3. The Morgan fingerprint density at radius 3 is 2.72 bits per heavy atom. The van der Waals surface area contributed by atoms with Gasteiger partial charge in [-0.1, -0.05) is 24.3 Å². The van der Waals surface area contributed by atoms with Gasteiger partial charge in [-0.05, 0) is 36.8 Å². The van der Waals surface area contributed by atoms with Gasteiger partial charge in [0.1, 0.15) is 11.8 Å². The third-order valence-electron chi connectivity index (χ3n) is 5.39. The molecule has 1 fully saturated rings. The van der Waals surface area contributed by atoms with E-state index in [0.717, 1.165) is 6.07 Å². The van der Waals surface area contributed by atoms with E-state index in [4.69, 9.17) is 4.74 Å². The van der Waals surface area contributed by atoms with Gasteiger partial charge in [-0.3, -0.25) is 14.5 Å². The number of rotatable bonds is 5. The molecule has 9 heteroatoms. The molecule has 1 aliphatic rings. The van der Waals surface area contributed by atoms with Crippen molar-refractivity contribution in [2.24, 2.45) is 0 Å². The fourth-order valence-electron chi connectivity index (χ4n) is 3.75. The van der Waals surface area contributed by atoms with E-state index in [1.54, 1.807) is 46.1 Å². The van der Waals surface area contributed by atoms with Crippen LogP contribution in [-0.4, -0.2) is 45.3 Å². The van der Waals surface area contributed by atoms with Crippen LogP contribution in [0, 0.1) is 0 Å². The molecule has 0 aliphatic carbocycles. The zero-order valence-corrected chi connectivity index (χ0v) is 17.5. The van der Waals surface area contributed by atoms with Crippen LogP contribution in [0.2, 0.25) is 0 Å². The van der Waals surface area contributed by atoms with Crippen molar-refractivity contribution in [1.82, 2.24) is 19.7 Å². The van der Waals surface area contributed by atoms with Crippen molar-refractivity contribution >= 4 is 5.91 Å². The van der Waals surface area contributed by atoms with Gasteiger partial charge >= 0.3 is 6.18 Å². The van der Waals surface area contributed by atoms with E-state index in [1.165, 1.54) is 12.1 Å². The second kappa shape index (κ2) is 9.12. The first-order chi connectivity index (χ1) is 15.3. The van der Waals surface area contributed by atoms with Crippen LogP contribution in [0.15, 0.2) is 54.7 Å². The monoisotopic (exact) mass is 444 g/mol. The molecule has 168 valence electrons. The van der Waals surface area contributed by atoms with Crippen molar-refractivity contribution < 1.29 is 22.7 Å². The standard InChI is InChI=1S/C23H23F3N4O2/c1-2-30-11-10-20(28-30)22(31)29-12-13-32-21(15-29)19-9-5-7-17(27-19)14-16-6-3-4-8-18(16)23(24,25)26/h3-11,21H,2,12-15H2,1H3/t21-/m1/s1. The Morgan fingerprint density at radius 1 is 1.16 bits per heavy atom. The van der Waals surface area contributed by atoms with Crippen LogP contribution in [0.1, 0.15) is 46.0 Å². The second-order valence-corrected chi connectivity index (χ2v) is 7.55. The van der Waals surface area contributed by atoms with Gasteiger partial charge in [0.25, 0.3) is 5.91 Å². The molecule has 3 heterocycles. The van der Waals surface area contributed by atoms with Crippen LogP contribution in [0.5, 0.6) is 0 Å². The number of aryl methyl sites for hydroxylation is 1. The van der Waals surface area contributed by atoms with E-state index in [2.05, 4.69) is 10.1 Å². The maximum Gasteiger partial charge on any atom is 0.416 e. The molecule has 1 atom stereocenters. The minimum Gasteiger partial charge on any atom is -0.368 e. The number of carbonyl (C=O) groups is 1. The molecule has 6 nitrogen and oxygen atoms in total. The van der Waals surface area contributed by atoms with Crippen LogP contribution < -0.4 is 0 Å². The molecule has 0 unspecified atom stereocenters. The fourth-order valence-corrected chi connectivity index (χ4v) is 3.75. The molecule has 1 aliphatic heterocycles. The van der Waals surface area contributed by atoms with Crippen molar-refractivity contribution in [2.75, 3.05) is 19.7 Å². The van der Waals surface area contributed by atoms with Crippen molar-refractivity contribution in [3.63, 3.8) is 0 Å². The van der Waals surface area contributed by atoms with Crippen molar-refractivity contribution in [3.05, 3.63) is 82.9 Å². The number of benzene rings is 1. The SMILES string of the molecule is CCn1ccc(C(=O)N2CCO[C@@H](c3cccc(Cc4ccccc4C(F)(F)F)n3)C2)n1. The minimum absolute atomic E-state index is 0.0489. The molecule has 2 aromatic heterocycles. The Labute approximate surface area is 183 Å². The van der Waals surface area contributed by atoms with E-state index in [9.17, 15) is 18.0 Å². The van der Waals surface area contributed by atoms with Gasteiger partial charge in [-0.15, -0.1) is 0 Å². The first-order valence-electron chi connectivity index (χ1n) is 10.4. The lowest BCUT2D eigenvalue weighted by Crippen LogP contribution is -2.42. The summed E-state index contributed by atoms with van der Waals surface area (Å²) in [5, 5.41) is 4.27. The minimum atomic E-state index is -4.42. The number of hydrogen-bond acceptors (Lipinski definition) is 4. The van der Waals surface area contributed by atoms with Crippen LogP contribution in [0.4, 0.5) is 13.2 Å². The molecule has 1 amide bonds. The van der Waals surface area contributed by atoms with Gasteiger partial charge in [0, 0.05) is 31.4 Å². The van der Waals surface area contributed by atoms with E-state index in [0.29, 0.717) is 43.3 Å². The van der Waals surface area contributed by atoms with Crippen molar-refractivity contribution in [1.29, 1.82) is 0 Å². The highest BCUT2D eigenvalue weighted by Gasteiger charge is 2.33. The van der Waals surface area contributed by atoms with Gasteiger partial charge < -0.3 is 9.64 Å². The molecule has 0 radical (unpaired) electrons. The summed E-state index contributed by atoms with van der Waals surface area (Å²) in [5.41, 5.74) is 0.969. The third kappa shape index (κ3) is 4.83. The van der Waals surface area contributed by atoms with E-state index in [1.807, 2.05) is 6.92 Å². The Bertz CT molecular complexity index is 1100. The summed E-state index contributed by atoms with van der Waals surface area (Å²) >= 11 is 0. The number of ether oxygens (including phenoxy) is 1. The smallest absolute Gasteiger partial charge is 0.368 e. The normalized spacial score (nSPS) is 16.9. The zero-order valence-electron chi connectivity index (χ0n) is 17.5. The lowest BCUT2D eigenvalue weighted by molar-refractivity contribution is -0.138. The molecular weight excluding hydrogens is 421 g/mol. The lowest BCUT2D eigenvalue weighted by atomic mass is 10.0. The Kier molecular flexibility index (Phi) is 6.27. The number of halogens is 3. The Hall–Kier alpha value is -3.20. The van der Waals surface area contributed by atoms with Gasteiger partial charge in [-0.25, -0.2) is 0 Å². The van der Waals surface area contributed by atoms with E-state index >= 15 is 0 Å². The highest BCUT2D eigenvalue weighted by atomic mass is 19.4. The number of aromatic nitrogens is 3. The number of nitrogens with zero attached hydrogens (tertiary/aromatic N) is 4. The summed E-state index contributed by atoms with van der Waals surface area (Å²) in [6.07, 6.45) is -3.08. The number of amides is 1. The van der Waals surface area contributed by atoms with Crippen LogP contribution in [-0.2, 0) is 23.9 Å². The molecule has 3 aromatic rings. The molecule has 32 heavy (non-hydrogen) atoms. The zero-order chi connectivity index (χ0) is 22.7. The molecule has 0 N–H and O–H groups in total. The molecule has 0 bridgehead atoms. The summed E-state index contributed by atoms with van der Waals surface area (Å²) < 4.78 is 47.5. The average molecular weight is 444 g/mol. The molecule has 0 spiro atoms. The predicted molar refractivity (Wildman–Crippen MR) is 111 cm³/mol. The van der Waals surface area contributed by atoms with Crippen LogP contribution >= 0.6 is 0 Å². The highest BCUT2D eigenvalue weighted by molar-refractivity contribution is 5.92. The Balaban J connectivity index is 1.50. The first kappa shape index (κ1) is 22.0. The maximum absolute atomic E-state index is 13.3.